The van der Waals surface area contributed by atoms with Gasteiger partial charge in [-0.05, 0) is 50.8 Å². The number of hydrogen-bond acceptors (Lipinski definition) is 1. The van der Waals surface area contributed by atoms with Gasteiger partial charge in [0.25, 0.3) is 0 Å². The number of amides is 1. The maximum absolute atomic E-state index is 13.1. The molecule has 1 unspecified atom stereocenters. The van der Waals surface area contributed by atoms with Crippen LogP contribution in [0.25, 0.3) is 0 Å². The van der Waals surface area contributed by atoms with Crippen LogP contribution in [-0.4, -0.2) is 5.91 Å². The second-order valence-corrected chi connectivity index (χ2v) is 6.07. The first-order chi connectivity index (χ1) is 11.3. The molecule has 0 spiro atoms. The van der Waals surface area contributed by atoms with Gasteiger partial charge in [0.2, 0.25) is 5.91 Å². The van der Waals surface area contributed by atoms with Crippen molar-refractivity contribution in [3.63, 3.8) is 0 Å². The topological polar surface area (TPSA) is 29.1 Å². The van der Waals surface area contributed by atoms with Crippen molar-refractivity contribution >= 4 is 23.2 Å². The lowest BCUT2D eigenvalue weighted by molar-refractivity contribution is -0.137. The van der Waals surface area contributed by atoms with Gasteiger partial charge in [-0.1, -0.05) is 37.1 Å². The molecule has 0 saturated carbocycles. The van der Waals surface area contributed by atoms with Crippen LogP contribution in [0.2, 0.25) is 5.02 Å². The van der Waals surface area contributed by atoms with Crippen molar-refractivity contribution in [3.8, 4) is 0 Å². The van der Waals surface area contributed by atoms with Crippen LogP contribution in [0.1, 0.15) is 51.5 Å². The van der Waals surface area contributed by atoms with E-state index in [1.807, 2.05) is 19.9 Å². The average Bonchev–Trinajstić information content (AvgIpc) is 2.51. The second kappa shape index (κ2) is 9.72. The Labute approximate surface area is 146 Å². The fourth-order valence-corrected chi connectivity index (χ4v) is 2.61. The van der Waals surface area contributed by atoms with Crippen molar-refractivity contribution < 1.29 is 18.0 Å². The fraction of sp³-hybridized carbons (Fsp3) is 0.500. The first kappa shape index (κ1) is 20.6. The van der Waals surface area contributed by atoms with Crippen LogP contribution in [0.15, 0.2) is 30.4 Å². The maximum atomic E-state index is 13.1. The van der Waals surface area contributed by atoms with Crippen LogP contribution < -0.4 is 5.32 Å². The molecule has 0 aliphatic carbocycles. The zero-order valence-corrected chi connectivity index (χ0v) is 14.7. The highest BCUT2D eigenvalue weighted by Crippen LogP contribution is 2.36. The molecule has 0 fully saturated rings. The summed E-state index contributed by atoms with van der Waals surface area (Å²) in [5.41, 5.74) is -1.17. The van der Waals surface area contributed by atoms with E-state index in [1.54, 1.807) is 0 Å². The lowest BCUT2D eigenvalue weighted by Crippen LogP contribution is -2.24. The molecule has 0 radical (unpaired) electrons. The first-order valence-corrected chi connectivity index (χ1v) is 8.46. The molecule has 0 aliphatic rings. The monoisotopic (exact) mass is 361 g/mol. The highest BCUT2D eigenvalue weighted by Gasteiger charge is 2.34. The molecule has 1 aromatic rings. The molecule has 6 heteroatoms. The van der Waals surface area contributed by atoms with Crippen LogP contribution >= 0.6 is 11.6 Å². The zero-order chi connectivity index (χ0) is 18.2. The van der Waals surface area contributed by atoms with Gasteiger partial charge in [0, 0.05) is 10.9 Å². The van der Waals surface area contributed by atoms with Crippen LogP contribution in [0.3, 0.4) is 0 Å². The summed E-state index contributed by atoms with van der Waals surface area (Å²) >= 11 is 5.64. The van der Waals surface area contributed by atoms with E-state index < -0.39 is 11.7 Å². The summed E-state index contributed by atoms with van der Waals surface area (Å²) in [5.74, 6) is -0.677. The molecule has 1 atom stereocenters. The van der Waals surface area contributed by atoms with E-state index in [1.165, 1.54) is 12.1 Å². The molecule has 134 valence electrons. The first-order valence-electron chi connectivity index (χ1n) is 8.08. The minimum absolute atomic E-state index is 0.0173. The molecule has 24 heavy (non-hydrogen) atoms. The van der Waals surface area contributed by atoms with Crippen LogP contribution in [0.4, 0.5) is 18.9 Å². The molecular weight excluding hydrogens is 339 g/mol. The standard InChI is InChI=1S/C18H23ClF3NO/c1-3-5-6-7-8-9-13(4-2)17(24)23-16-11-10-14(19)12-15(16)18(20,21)22/h3,5,10-13H,4,6-9H2,1-2H3,(H,23,24). The number of hydrogen-bond donors (Lipinski definition) is 1. The van der Waals surface area contributed by atoms with Gasteiger partial charge >= 0.3 is 6.18 Å². The third-order valence-corrected chi connectivity index (χ3v) is 4.05. The van der Waals surface area contributed by atoms with Gasteiger partial charge < -0.3 is 5.32 Å². The van der Waals surface area contributed by atoms with Gasteiger partial charge in [-0.3, -0.25) is 4.79 Å². The molecule has 1 amide bonds. The summed E-state index contributed by atoms with van der Waals surface area (Å²) in [7, 11) is 0. The number of benzene rings is 1. The Bertz CT molecular complexity index is 570. The number of nitrogens with one attached hydrogen (secondary N) is 1. The van der Waals surface area contributed by atoms with E-state index in [9.17, 15) is 18.0 Å². The summed E-state index contributed by atoms with van der Waals surface area (Å²) in [6, 6.07) is 3.36. The second-order valence-electron chi connectivity index (χ2n) is 5.64. The smallest absolute Gasteiger partial charge is 0.325 e. The predicted molar refractivity (Wildman–Crippen MR) is 92.1 cm³/mol. The summed E-state index contributed by atoms with van der Waals surface area (Å²) in [5, 5.41) is 2.40. The SMILES string of the molecule is CC=CCCCCC(CC)C(=O)Nc1ccc(Cl)cc1C(F)(F)F. The summed E-state index contributed by atoms with van der Waals surface area (Å²) in [4.78, 5) is 12.3. The zero-order valence-electron chi connectivity index (χ0n) is 13.9. The van der Waals surface area contributed by atoms with Gasteiger partial charge in [0.05, 0.1) is 11.3 Å². The largest absolute Gasteiger partial charge is 0.418 e. The summed E-state index contributed by atoms with van der Waals surface area (Å²) < 4.78 is 39.2. The number of anilines is 1. The lowest BCUT2D eigenvalue weighted by atomic mass is 9.97. The minimum Gasteiger partial charge on any atom is -0.325 e. The fourth-order valence-electron chi connectivity index (χ4n) is 2.44. The van der Waals surface area contributed by atoms with Crippen LogP contribution in [0.5, 0.6) is 0 Å². The molecule has 1 N–H and O–H groups in total. The van der Waals surface area contributed by atoms with E-state index in [4.69, 9.17) is 11.6 Å². The van der Waals surface area contributed by atoms with Gasteiger partial charge in [0.15, 0.2) is 0 Å². The molecule has 1 rings (SSSR count). The molecule has 0 heterocycles. The Morgan fingerprint density at radius 1 is 1.33 bits per heavy atom. The van der Waals surface area contributed by atoms with Crippen molar-refractivity contribution in [2.24, 2.45) is 5.92 Å². The van der Waals surface area contributed by atoms with E-state index in [0.29, 0.717) is 12.8 Å². The molecule has 0 saturated heterocycles. The maximum Gasteiger partial charge on any atom is 0.418 e. The number of alkyl halides is 3. The van der Waals surface area contributed by atoms with E-state index in [-0.39, 0.29) is 22.5 Å². The van der Waals surface area contributed by atoms with E-state index in [2.05, 4.69) is 11.4 Å². The molecule has 1 aromatic carbocycles. The number of unbranched alkanes of at least 4 members (excludes halogenated alkanes) is 2. The predicted octanol–water partition coefficient (Wildman–Crippen LogP) is 6.46. The number of carbonyl (C=O) groups excluding carboxylic acids is 1. The van der Waals surface area contributed by atoms with Crippen molar-refractivity contribution in [1.29, 1.82) is 0 Å². The van der Waals surface area contributed by atoms with Crippen molar-refractivity contribution in [3.05, 3.63) is 40.9 Å². The van der Waals surface area contributed by atoms with Crippen molar-refractivity contribution in [2.45, 2.75) is 52.1 Å². The number of carbonyl (C=O) groups is 1. The third-order valence-electron chi connectivity index (χ3n) is 3.82. The molecular formula is C18H23ClF3NO. The molecule has 0 bridgehead atoms. The van der Waals surface area contributed by atoms with E-state index >= 15 is 0 Å². The lowest BCUT2D eigenvalue weighted by Gasteiger charge is -2.18. The Balaban J connectivity index is 2.75. The van der Waals surface area contributed by atoms with Crippen LogP contribution in [-0.2, 0) is 11.0 Å². The van der Waals surface area contributed by atoms with Crippen molar-refractivity contribution in [2.75, 3.05) is 5.32 Å². The Kier molecular flexibility index (Phi) is 8.32. The molecule has 0 aliphatic heterocycles. The highest BCUT2D eigenvalue weighted by atomic mass is 35.5. The third kappa shape index (κ3) is 6.56. The van der Waals surface area contributed by atoms with Crippen LogP contribution in [0, 0.1) is 5.92 Å². The van der Waals surface area contributed by atoms with Gasteiger partial charge in [-0.2, -0.15) is 13.2 Å². The number of rotatable bonds is 8. The Hall–Kier alpha value is -1.49. The van der Waals surface area contributed by atoms with Gasteiger partial charge in [-0.15, -0.1) is 0 Å². The summed E-state index contributed by atoms with van der Waals surface area (Å²) in [6.07, 6.45) is 3.49. The van der Waals surface area contributed by atoms with Gasteiger partial charge in [-0.25, -0.2) is 0 Å². The van der Waals surface area contributed by atoms with Gasteiger partial charge in [0.1, 0.15) is 0 Å². The van der Waals surface area contributed by atoms with Crippen molar-refractivity contribution in [1.82, 2.24) is 0 Å². The molecule has 0 aromatic heterocycles. The number of halogens is 4. The molecule has 2 nitrogen and oxygen atoms in total. The average molecular weight is 362 g/mol. The minimum atomic E-state index is -4.57. The Morgan fingerprint density at radius 2 is 2.04 bits per heavy atom. The quantitative estimate of drug-likeness (QED) is 0.417. The Morgan fingerprint density at radius 3 is 2.62 bits per heavy atom. The highest BCUT2D eigenvalue weighted by molar-refractivity contribution is 6.30. The van der Waals surface area contributed by atoms with E-state index in [0.717, 1.165) is 25.3 Å². The number of allylic oxidation sites excluding steroid dienone is 2. The summed E-state index contributed by atoms with van der Waals surface area (Å²) in [6.45, 7) is 3.81. The normalized spacial score (nSPS) is 13.2.